The van der Waals surface area contributed by atoms with Gasteiger partial charge in [-0.15, -0.1) is 0 Å². The van der Waals surface area contributed by atoms with E-state index >= 15 is 0 Å². The molecule has 1 amide bonds. The summed E-state index contributed by atoms with van der Waals surface area (Å²) in [4.78, 5) is 17.1. The fraction of sp³-hybridized carbons (Fsp3) is 0.333. The number of nitrogens with two attached hydrogens (primary N) is 2. The maximum Gasteiger partial charge on any atom is 0.259 e. The summed E-state index contributed by atoms with van der Waals surface area (Å²) in [6.45, 7) is 1.78. The normalized spacial score (nSPS) is 19.0. The number of carbonyl (C=O) groups excluding carboxylic acids is 1. The minimum absolute atomic E-state index is 0.146. The highest BCUT2D eigenvalue weighted by atomic mass is 35.5. The van der Waals surface area contributed by atoms with Crippen molar-refractivity contribution in [1.82, 2.24) is 14.9 Å². The van der Waals surface area contributed by atoms with Gasteiger partial charge in [-0.05, 0) is 43.8 Å². The van der Waals surface area contributed by atoms with E-state index in [0.717, 1.165) is 43.4 Å². The molecule has 0 bridgehead atoms. The standard InChI is InChI=1S/C18H23ClN6O/c19-14-5-3-6-15-16(14)25(13-4-1-2-9-22-11-13)18(23-15)24-17(26)12(10-21)7-8-20/h3,5-8,10,13,22H,1-2,4,9,11,20-21H2,(H,23,24,26)/b8-7-,12-10+. The Morgan fingerprint density at radius 1 is 1.38 bits per heavy atom. The van der Waals surface area contributed by atoms with Gasteiger partial charge in [0.2, 0.25) is 5.95 Å². The van der Waals surface area contributed by atoms with E-state index in [4.69, 9.17) is 23.1 Å². The zero-order valence-corrected chi connectivity index (χ0v) is 15.2. The van der Waals surface area contributed by atoms with Gasteiger partial charge >= 0.3 is 0 Å². The van der Waals surface area contributed by atoms with Crippen molar-refractivity contribution in [3.63, 3.8) is 0 Å². The molecule has 1 aliphatic heterocycles. The van der Waals surface area contributed by atoms with Gasteiger partial charge in [-0.1, -0.05) is 24.1 Å². The number of carbonyl (C=O) groups is 1. The van der Waals surface area contributed by atoms with Gasteiger partial charge < -0.3 is 21.4 Å². The molecule has 1 aliphatic rings. The van der Waals surface area contributed by atoms with E-state index in [1.165, 1.54) is 18.5 Å². The molecule has 26 heavy (non-hydrogen) atoms. The molecule has 6 N–H and O–H groups in total. The number of para-hydroxylation sites is 1. The number of fused-ring (bicyclic) bond motifs is 1. The first-order valence-electron chi connectivity index (χ1n) is 8.64. The Morgan fingerprint density at radius 3 is 3.00 bits per heavy atom. The number of hydrogen-bond donors (Lipinski definition) is 4. The van der Waals surface area contributed by atoms with Crippen molar-refractivity contribution in [3.8, 4) is 0 Å². The summed E-state index contributed by atoms with van der Waals surface area (Å²) < 4.78 is 2.02. The van der Waals surface area contributed by atoms with Gasteiger partial charge in [-0.2, -0.15) is 0 Å². The van der Waals surface area contributed by atoms with E-state index in [1.54, 1.807) is 0 Å². The Balaban J connectivity index is 2.05. The number of imidazole rings is 1. The monoisotopic (exact) mass is 374 g/mol. The molecule has 1 atom stereocenters. The number of nitrogens with zero attached hydrogens (tertiary/aromatic N) is 2. The van der Waals surface area contributed by atoms with Crippen LogP contribution in [0.1, 0.15) is 25.3 Å². The molecule has 1 fully saturated rings. The summed E-state index contributed by atoms with van der Waals surface area (Å²) in [5.41, 5.74) is 12.7. The van der Waals surface area contributed by atoms with Gasteiger partial charge in [0.05, 0.1) is 21.6 Å². The van der Waals surface area contributed by atoms with E-state index in [1.807, 2.05) is 22.8 Å². The molecule has 2 heterocycles. The third-order valence-corrected chi connectivity index (χ3v) is 4.79. The van der Waals surface area contributed by atoms with Crippen LogP contribution in [0.2, 0.25) is 5.02 Å². The first-order chi connectivity index (χ1) is 12.7. The number of benzene rings is 1. The summed E-state index contributed by atoms with van der Waals surface area (Å²) >= 11 is 6.46. The second-order valence-electron chi connectivity index (χ2n) is 6.20. The van der Waals surface area contributed by atoms with Crippen molar-refractivity contribution in [3.05, 3.63) is 47.3 Å². The van der Waals surface area contributed by atoms with Crippen molar-refractivity contribution in [2.24, 2.45) is 11.5 Å². The van der Waals surface area contributed by atoms with Crippen molar-refractivity contribution in [2.45, 2.75) is 25.3 Å². The van der Waals surface area contributed by atoms with Crippen LogP contribution >= 0.6 is 11.6 Å². The van der Waals surface area contributed by atoms with Crippen LogP contribution in [0.3, 0.4) is 0 Å². The molecule has 1 aromatic heterocycles. The fourth-order valence-electron chi connectivity index (χ4n) is 3.26. The molecule has 0 saturated carbocycles. The number of anilines is 1. The van der Waals surface area contributed by atoms with Crippen molar-refractivity contribution in [2.75, 3.05) is 18.4 Å². The van der Waals surface area contributed by atoms with E-state index in [2.05, 4.69) is 15.6 Å². The highest BCUT2D eigenvalue weighted by molar-refractivity contribution is 6.35. The first kappa shape index (κ1) is 18.3. The minimum atomic E-state index is -0.372. The molecule has 1 saturated heterocycles. The zero-order chi connectivity index (χ0) is 18.5. The lowest BCUT2D eigenvalue weighted by Crippen LogP contribution is -2.26. The number of hydrogen-bond acceptors (Lipinski definition) is 5. The second kappa shape index (κ2) is 8.25. The molecular weight excluding hydrogens is 352 g/mol. The minimum Gasteiger partial charge on any atom is -0.405 e. The molecule has 2 aromatic rings. The molecule has 0 aliphatic carbocycles. The van der Waals surface area contributed by atoms with Crippen LogP contribution in [-0.4, -0.2) is 28.5 Å². The fourth-order valence-corrected chi connectivity index (χ4v) is 3.52. The Kier molecular flexibility index (Phi) is 5.80. The average molecular weight is 375 g/mol. The number of halogens is 1. The molecule has 138 valence electrons. The van der Waals surface area contributed by atoms with E-state index in [9.17, 15) is 4.79 Å². The second-order valence-corrected chi connectivity index (χ2v) is 6.61. The highest BCUT2D eigenvalue weighted by Gasteiger charge is 2.23. The van der Waals surface area contributed by atoms with Crippen LogP contribution in [0, 0.1) is 0 Å². The third-order valence-electron chi connectivity index (χ3n) is 4.49. The molecule has 0 spiro atoms. The van der Waals surface area contributed by atoms with Gasteiger partial charge in [-0.25, -0.2) is 4.98 Å². The Hall–Kier alpha value is -2.51. The van der Waals surface area contributed by atoms with E-state index < -0.39 is 0 Å². The highest BCUT2D eigenvalue weighted by Crippen LogP contribution is 2.32. The zero-order valence-electron chi connectivity index (χ0n) is 14.4. The number of amides is 1. The molecule has 8 heteroatoms. The average Bonchev–Trinajstić information content (AvgIpc) is 2.81. The summed E-state index contributed by atoms with van der Waals surface area (Å²) in [7, 11) is 0. The van der Waals surface area contributed by atoms with Crippen LogP contribution in [0.25, 0.3) is 11.0 Å². The predicted molar refractivity (Wildman–Crippen MR) is 105 cm³/mol. The quantitative estimate of drug-likeness (QED) is 0.484. The van der Waals surface area contributed by atoms with Gasteiger partial charge in [0, 0.05) is 18.8 Å². The van der Waals surface area contributed by atoms with Gasteiger partial charge in [0.15, 0.2) is 0 Å². The molecular formula is C18H23ClN6O. The predicted octanol–water partition coefficient (Wildman–Crippen LogP) is 2.26. The Morgan fingerprint density at radius 2 is 2.23 bits per heavy atom. The Labute approximate surface area is 157 Å². The lowest BCUT2D eigenvalue weighted by molar-refractivity contribution is -0.112. The summed E-state index contributed by atoms with van der Waals surface area (Å²) in [5, 5.41) is 6.90. The van der Waals surface area contributed by atoms with Gasteiger partial charge in [0.25, 0.3) is 5.91 Å². The number of nitrogens with one attached hydrogen (secondary N) is 2. The maximum absolute atomic E-state index is 12.5. The van der Waals surface area contributed by atoms with Gasteiger partial charge in [-0.3, -0.25) is 10.1 Å². The molecule has 7 nitrogen and oxygen atoms in total. The number of rotatable bonds is 4. The summed E-state index contributed by atoms with van der Waals surface area (Å²) in [6.07, 6.45) is 7.13. The van der Waals surface area contributed by atoms with Crippen LogP contribution in [-0.2, 0) is 4.79 Å². The van der Waals surface area contributed by atoms with E-state index in [0.29, 0.717) is 11.0 Å². The smallest absolute Gasteiger partial charge is 0.259 e. The summed E-state index contributed by atoms with van der Waals surface area (Å²) in [5.74, 6) is 0.0834. The molecule has 1 aromatic carbocycles. The maximum atomic E-state index is 12.5. The third kappa shape index (κ3) is 3.68. The van der Waals surface area contributed by atoms with E-state index in [-0.39, 0.29) is 17.5 Å². The lowest BCUT2D eigenvalue weighted by atomic mass is 10.1. The van der Waals surface area contributed by atoms with Crippen molar-refractivity contribution < 1.29 is 4.79 Å². The molecule has 1 unspecified atom stereocenters. The summed E-state index contributed by atoms with van der Waals surface area (Å²) in [6, 6.07) is 5.71. The van der Waals surface area contributed by atoms with Crippen LogP contribution in [0.4, 0.5) is 5.95 Å². The molecule has 3 rings (SSSR count). The van der Waals surface area contributed by atoms with Gasteiger partial charge in [0.1, 0.15) is 0 Å². The van der Waals surface area contributed by atoms with Crippen LogP contribution < -0.4 is 22.1 Å². The van der Waals surface area contributed by atoms with Crippen molar-refractivity contribution in [1.29, 1.82) is 0 Å². The molecule has 0 radical (unpaired) electrons. The SMILES string of the molecule is N/C=C\C(=C/N)C(=O)Nc1nc2cccc(Cl)c2n1C1CCCCNC1. The Bertz CT molecular complexity index is 849. The largest absolute Gasteiger partial charge is 0.405 e. The van der Waals surface area contributed by atoms with Crippen LogP contribution in [0.5, 0.6) is 0 Å². The number of aromatic nitrogens is 2. The van der Waals surface area contributed by atoms with Crippen LogP contribution in [0.15, 0.2) is 42.2 Å². The topological polar surface area (TPSA) is 111 Å². The first-order valence-corrected chi connectivity index (χ1v) is 9.02. The van der Waals surface area contributed by atoms with Crippen molar-refractivity contribution >= 4 is 34.5 Å². The lowest BCUT2D eigenvalue weighted by Gasteiger charge is -2.20.